The molecule has 0 spiro atoms. The van der Waals surface area contributed by atoms with E-state index in [0.29, 0.717) is 23.9 Å². The van der Waals surface area contributed by atoms with Crippen molar-refractivity contribution in [1.82, 2.24) is 15.2 Å². The summed E-state index contributed by atoms with van der Waals surface area (Å²) in [6.45, 7) is 2.73. The average molecular weight is 266 g/mol. The minimum atomic E-state index is -0.299. The molecule has 0 radical (unpaired) electrons. The summed E-state index contributed by atoms with van der Waals surface area (Å²) in [5.74, 6) is 5.56. The van der Waals surface area contributed by atoms with Crippen LogP contribution in [0.4, 0.5) is 0 Å². The largest absolute Gasteiger partial charge is 0.467 e. The van der Waals surface area contributed by atoms with Crippen LogP contribution >= 0.6 is 0 Å². The van der Waals surface area contributed by atoms with Crippen molar-refractivity contribution in [1.29, 1.82) is 0 Å². The molecule has 1 amide bonds. The summed E-state index contributed by atoms with van der Waals surface area (Å²) < 4.78 is 5.43. The molecule has 19 heavy (non-hydrogen) atoms. The second-order valence-corrected chi connectivity index (χ2v) is 5.26. The van der Waals surface area contributed by atoms with Crippen molar-refractivity contribution < 1.29 is 9.21 Å². The fourth-order valence-corrected chi connectivity index (χ4v) is 2.66. The van der Waals surface area contributed by atoms with Crippen molar-refractivity contribution >= 4 is 5.91 Å². The summed E-state index contributed by atoms with van der Waals surface area (Å²) in [5, 5.41) is 0. The van der Waals surface area contributed by atoms with Crippen molar-refractivity contribution in [2.75, 3.05) is 27.2 Å². The number of nitrogen functional groups attached to an aromatic ring is 1. The molecular weight excluding hydrogens is 244 g/mol. The number of carbonyl (C=O) groups excluding carboxylic acids is 1. The van der Waals surface area contributed by atoms with E-state index in [9.17, 15) is 4.79 Å². The van der Waals surface area contributed by atoms with Crippen molar-refractivity contribution in [2.24, 2.45) is 5.84 Å². The van der Waals surface area contributed by atoms with Gasteiger partial charge in [-0.3, -0.25) is 15.1 Å². The number of carbonyl (C=O) groups is 1. The minimum Gasteiger partial charge on any atom is -0.467 e. The Bertz CT molecular complexity index is 430. The minimum absolute atomic E-state index is 0.299. The van der Waals surface area contributed by atoms with E-state index >= 15 is 0 Å². The number of nitrogens with zero attached hydrogens (tertiary/aromatic N) is 2. The van der Waals surface area contributed by atoms with Gasteiger partial charge < -0.3 is 9.32 Å². The van der Waals surface area contributed by atoms with Gasteiger partial charge in [-0.15, -0.1) is 0 Å². The molecule has 0 aliphatic carbocycles. The van der Waals surface area contributed by atoms with Crippen LogP contribution in [0, 0.1) is 0 Å². The maximum atomic E-state index is 11.6. The first-order chi connectivity index (χ1) is 9.11. The summed E-state index contributed by atoms with van der Waals surface area (Å²) >= 11 is 0. The van der Waals surface area contributed by atoms with Crippen LogP contribution in [-0.2, 0) is 6.54 Å². The zero-order valence-corrected chi connectivity index (χ0v) is 11.6. The number of rotatable bonds is 5. The lowest BCUT2D eigenvalue weighted by molar-refractivity contribution is 0.0949. The number of amides is 1. The molecule has 0 saturated carbocycles. The van der Waals surface area contributed by atoms with E-state index in [4.69, 9.17) is 10.3 Å². The number of likely N-dealkylation sites (tertiary alicyclic amines) is 1. The summed E-state index contributed by atoms with van der Waals surface area (Å²) in [7, 11) is 4.16. The molecule has 6 nitrogen and oxygen atoms in total. The Hall–Kier alpha value is -1.37. The predicted molar refractivity (Wildman–Crippen MR) is 72.3 cm³/mol. The maximum absolute atomic E-state index is 11.6. The highest BCUT2D eigenvalue weighted by Crippen LogP contribution is 2.22. The van der Waals surface area contributed by atoms with E-state index in [1.165, 1.54) is 19.1 Å². The van der Waals surface area contributed by atoms with E-state index < -0.39 is 0 Å². The number of furan rings is 1. The Morgan fingerprint density at radius 3 is 3.11 bits per heavy atom. The van der Waals surface area contributed by atoms with E-state index in [1.54, 1.807) is 6.07 Å². The summed E-state index contributed by atoms with van der Waals surface area (Å²) in [6.07, 6.45) is 3.92. The molecule has 3 N–H and O–H groups in total. The summed E-state index contributed by atoms with van der Waals surface area (Å²) in [5.41, 5.74) is 2.68. The molecule has 1 aliphatic heterocycles. The summed E-state index contributed by atoms with van der Waals surface area (Å²) in [4.78, 5) is 16.2. The van der Waals surface area contributed by atoms with Crippen molar-refractivity contribution in [3.8, 4) is 0 Å². The van der Waals surface area contributed by atoms with Crippen LogP contribution < -0.4 is 11.3 Å². The number of nitrogens with one attached hydrogen (secondary N) is 1. The first-order valence-corrected chi connectivity index (χ1v) is 6.58. The maximum Gasteiger partial charge on any atom is 0.268 e. The van der Waals surface area contributed by atoms with Crippen molar-refractivity contribution in [2.45, 2.75) is 25.4 Å². The molecule has 6 heteroatoms. The van der Waals surface area contributed by atoms with E-state index in [0.717, 1.165) is 13.1 Å². The first-order valence-electron chi connectivity index (χ1n) is 6.58. The highest BCUT2D eigenvalue weighted by molar-refractivity contribution is 5.94. The van der Waals surface area contributed by atoms with Crippen LogP contribution in [-0.4, -0.2) is 48.9 Å². The Morgan fingerprint density at radius 1 is 1.63 bits per heavy atom. The fraction of sp³-hybridized carbons (Fsp3) is 0.615. The molecule has 1 fully saturated rings. The van der Waals surface area contributed by atoms with Gasteiger partial charge in [0.05, 0.1) is 18.4 Å². The molecule has 1 unspecified atom stereocenters. The van der Waals surface area contributed by atoms with Gasteiger partial charge >= 0.3 is 0 Å². The van der Waals surface area contributed by atoms with Gasteiger partial charge in [0.1, 0.15) is 5.76 Å². The van der Waals surface area contributed by atoms with Crippen LogP contribution in [0.15, 0.2) is 16.7 Å². The van der Waals surface area contributed by atoms with Gasteiger partial charge in [-0.1, -0.05) is 0 Å². The smallest absolute Gasteiger partial charge is 0.268 e. The van der Waals surface area contributed by atoms with E-state index in [-0.39, 0.29) is 5.91 Å². The van der Waals surface area contributed by atoms with Gasteiger partial charge in [0.25, 0.3) is 5.91 Å². The van der Waals surface area contributed by atoms with Gasteiger partial charge in [0.2, 0.25) is 0 Å². The lowest BCUT2D eigenvalue weighted by atomic mass is 10.2. The number of hydrogen-bond acceptors (Lipinski definition) is 5. The fourth-order valence-electron chi connectivity index (χ4n) is 2.66. The van der Waals surface area contributed by atoms with Crippen molar-refractivity contribution in [3.63, 3.8) is 0 Å². The zero-order chi connectivity index (χ0) is 13.8. The van der Waals surface area contributed by atoms with Crippen LogP contribution in [0.1, 0.15) is 29.0 Å². The SMILES string of the molecule is CN(C)CC1CCCN1Cc1occc1C(=O)NN. The molecule has 2 rings (SSSR count). The predicted octanol–water partition coefficient (Wildman–Crippen LogP) is 0.409. The normalized spacial score (nSPS) is 20.1. The molecule has 0 aromatic carbocycles. The number of hydrogen-bond donors (Lipinski definition) is 2. The Labute approximate surface area is 113 Å². The van der Waals surface area contributed by atoms with Crippen LogP contribution in [0.5, 0.6) is 0 Å². The monoisotopic (exact) mass is 266 g/mol. The van der Waals surface area contributed by atoms with Crippen LogP contribution in [0.3, 0.4) is 0 Å². The summed E-state index contributed by atoms with van der Waals surface area (Å²) in [6, 6.07) is 2.18. The molecule has 0 bridgehead atoms. The molecule has 1 saturated heterocycles. The molecule has 1 aromatic rings. The Balaban J connectivity index is 2.04. The first kappa shape index (κ1) is 14.0. The van der Waals surface area contributed by atoms with Gasteiger partial charge in [0.15, 0.2) is 0 Å². The highest BCUT2D eigenvalue weighted by Gasteiger charge is 2.27. The van der Waals surface area contributed by atoms with E-state index in [2.05, 4.69) is 29.3 Å². The van der Waals surface area contributed by atoms with Crippen LogP contribution in [0.2, 0.25) is 0 Å². The quantitative estimate of drug-likeness (QED) is 0.459. The van der Waals surface area contributed by atoms with Crippen molar-refractivity contribution in [3.05, 3.63) is 23.7 Å². The van der Waals surface area contributed by atoms with Gasteiger partial charge in [-0.05, 0) is 39.5 Å². The van der Waals surface area contributed by atoms with Gasteiger partial charge in [-0.25, -0.2) is 5.84 Å². The van der Waals surface area contributed by atoms with E-state index in [1.807, 2.05) is 0 Å². The highest BCUT2D eigenvalue weighted by atomic mass is 16.3. The topological polar surface area (TPSA) is 74.7 Å². The molecule has 2 heterocycles. The Morgan fingerprint density at radius 2 is 2.42 bits per heavy atom. The second kappa shape index (κ2) is 6.18. The lowest BCUT2D eigenvalue weighted by Gasteiger charge is -2.26. The number of hydrazine groups is 1. The lowest BCUT2D eigenvalue weighted by Crippen LogP contribution is -2.37. The zero-order valence-electron chi connectivity index (χ0n) is 11.6. The Kier molecular flexibility index (Phi) is 4.57. The molecule has 1 aromatic heterocycles. The van der Waals surface area contributed by atoms with Gasteiger partial charge in [-0.2, -0.15) is 0 Å². The molecule has 1 aliphatic rings. The number of nitrogens with two attached hydrogens (primary N) is 1. The standard InChI is InChI=1S/C13H22N4O2/c1-16(2)8-10-4-3-6-17(10)9-12-11(5-7-19-12)13(18)15-14/h5,7,10H,3-4,6,8-9,14H2,1-2H3,(H,15,18). The van der Waals surface area contributed by atoms with Gasteiger partial charge in [0, 0.05) is 12.6 Å². The third-order valence-corrected chi connectivity index (χ3v) is 3.54. The third kappa shape index (κ3) is 3.34. The third-order valence-electron chi connectivity index (χ3n) is 3.54. The average Bonchev–Trinajstić information content (AvgIpc) is 2.98. The van der Waals surface area contributed by atoms with Crippen LogP contribution in [0.25, 0.3) is 0 Å². The number of likely N-dealkylation sites (N-methyl/N-ethyl adjacent to an activating group) is 1. The molecule has 106 valence electrons. The molecule has 1 atom stereocenters. The second-order valence-electron chi connectivity index (χ2n) is 5.26. The molecular formula is C13H22N4O2.